The molecular weight excluding hydrogens is 454 g/mol. The van der Waals surface area contributed by atoms with Gasteiger partial charge >= 0.3 is 0 Å². The van der Waals surface area contributed by atoms with Gasteiger partial charge in [0.15, 0.2) is 5.79 Å². The van der Waals surface area contributed by atoms with Gasteiger partial charge in [0.1, 0.15) is 0 Å². The summed E-state index contributed by atoms with van der Waals surface area (Å²) >= 11 is 0. The van der Waals surface area contributed by atoms with Crippen molar-refractivity contribution in [1.82, 2.24) is 0 Å². The van der Waals surface area contributed by atoms with E-state index in [0.717, 1.165) is 38.5 Å². The monoisotopic (exact) mass is 501 g/mol. The predicted octanol–water partition coefficient (Wildman–Crippen LogP) is 4.89. The lowest BCUT2D eigenvalue weighted by Crippen LogP contribution is -2.41. The van der Waals surface area contributed by atoms with E-state index in [-0.39, 0.29) is 25.2 Å². The van der Waals surface area contributed by atoms with Crippen LogP contribution in [0.1, 0.15) is 70.3 Å². The van der Waals surface area contributed by atoms with E-state index in [1.165, 1.54) is 17.7 Å². The van der Waals surface area contributed by atoms with E-state index in [9.17, 15) is 10.2 Å². The summed E-state index contributed by atoms with van der Waals surface area (Å²) in [6, 6.07) is 8.93. The molecule has 2 fully saturated rings. The standard InChI is InChI=1S/C30H47NO5/c1-21(6-5-15-32)26-12-9-24-20-30(35-18-19-36-30)14-13-27(24)29(26)28(22(2)34-17-16-33)23-7-10-25(11-8-23)31(3)4/h7-8,10-11,21-22,24,26,28,32-33H,5-6,9,12-20H2,1-4H3. The summed E-state index contributed by atoms with van der Waals surface area (Å²) in [6.45, 7) is 6.54. The third kappa shape index (κ3) is 5.99. The number of nitrogens with zero attached hydrogens (tertiary/aromatic N) is 1. The fourth-order valence-electron chi connectivity index (χ4n) is 6.97. The maximum atomic E-state index is 9.54. The molecule has 6 nitrogen and oxygen atoms in total. The van der Waals surface area contributed by atoms with E-state index in [2.05, 4.69) is 57.1 Å². The lowest BCUT2D eigenvalue weighted by atomic mass is 9.61. The highest BCUT2D eigenvalue weighted by atomic mass is 16.7. The SMILES string of the molecule is CC(CCCO)C1CCC2CC3(CCC2=C1C(c1ccc(N(C)C)cc1)C(C)OCCO)OCCO3. The topological polar surface area (TPSA) is 71.4 Å². The van der Waals surface area contributed by atoms with E-state index in [4.69, 9.17) is 14.2 Å². The van der Waals surface area contributed by atoms with Crippen molar-refractivity contribution in [3.8, 4) is 0 Å². The van der Waals surface area contributed by atoms with Crippen LogP contribution in [-0.2, 0) is 14.2 Å². The number of aliphatic hydroxyl groups is 2. The van der Waals surface area contributed by atoms with Gasteiger partial charge in [0.25, 0.3) is 0 Å². The van der Waals surface area contributed by atoms with Crippen LogP contribution in [-0.4, -0.2) is 69.2 Å². The maximum Gasteiger partial charge on any atom is 0.169 e. The second-order valence-corrected chi connectivity index (χ2v) is 11.3. The largest absolute Gasteiger partial charge is 0.396 e. The molecule has 1 saturated heterocycles. The predicted molar refractivity (Wildman–Crippen MR) is 143 cm³/mol. The summed E-state index contributed by atoms with van der Waals surface area (Å²) in [4.78, 5) is 2.13. The van der Waals surface area contributed by atoms with Crippen molar-refractivity contribution in [2.45, 2.75) is 76.6 Å². The molecule has 1 saturated carbocycles. The lowest BCUT2D eigenvalue weighted by molar-refractivity contribution is -0.181. The first-order valence-corrected chi connectivity index (χ1v) is 14.0. The molecule has 1 heterocycles. The second kappa shape index (κ2) is 12.4. The Hall–Kier alpha value is -1.44. The van der Waals surface area contributed by atoms with Crippen molar-refractivity contribution in [3.63, 3.8) is 0 Å². The van der Waals surface area contributed by atoms with E-state index in [1.807, 2.05) is 0 Å². The summed E-state index contributed by atoms with van der Waals surface area (Å²) in [7, 11) is 4.14. The maximum absolute atomic E-state index is 9.54. The van der Waals surface area contributed by atoms with Crippen molar-refractivity contribution in [1.29, 1.82) is 0 Å². The number of benzene rings is 1. The first-order chi connectivity index (χ1) is 17.4. The van der Waals surface area contributed by atoms with Gasteiger partial charge in [-0.3, -0.25) is 0 Å². The first-order valence-electron chi connectivity index (χ1n) is 14.0. The minimum atomic E-state index is -0.392. The van der Waals surface area contributed by atoms with Gasteiger partial charge in [-0.25, -0.2) is 0 Å². The molecule has 5 atom stereocenters. The molecule has 0 aromatic heterocycles. The van der Waals surface area contributed by atoms with Crippen LogP contribution in [0.5, 0.6) is 0 Å². The summed E-state index contributed by atoms with van der Waals surface area (Å²) < 4.78 is 18.5. The van der Waals surface area contributed by atoms with Crippen molar-refractivity contribution >= 4 is 5.69 Å². The van der Waals surface area contributed by atoms with Gasteiger partial charge in [-0.2, -0.15) is 0 Å². The Morgan fingerprint density at radius 2 is 1.78 bits per heavy atom. The van der Waals surface area contributed by atoms with Gasteiger partial charge in [-0.05, 0) is 74.5 Å². The normalized spacial score (nSPS) is 26.1. The molecule has 6 heteroatoms. The summed E-state index contributed by atoms with van der Waals surface area (Å²) in [6.07, 6.45) is 6.99. The van der Waals surface area contributed by atoms with Gasteiger partial charge < -0.3 is 29.3 Å². The first kappa shape index (κ1) is 27.6. The number of ether oxygens (including phenoxy) is 3. The Kier molecular flexibility index (Phi) is 9.51. The van der Waals surface area contributed by atoms with Crippen LogP contribution in [0.25, 0.3) is 0 Å². The van der Waals surface area contributed by atoms with Crippen molar-refractivity contribution in [3.05, 3.63) is 41.0 Å². The number of allylic oxidation sites excluding steroid dienone is 1. The van der Waals surface area contributed by atoms with E-state index >= 15 is 0 Å². The molecular formula is C30H47NO5. The molecule has 1 aliphatic heterocycles. The fourth-order valence-corrected chi connectivity index (χ4v) is 6.97. The highest BCUT2D eigenvalue weighted by molar-refractivity contribution is 5.49. The fraction of sp³-hybridized carbons (Fsp3) is 0.733. The molecule has 1 aromatic rings. The Morgan fingerprint density at radius 1 is 1.06 bits per heavy atom. The van der Waals surface area contributed by atoms with Crippen LogP contribution >= 0.6 is 0 Å². The Bertz CT molecular complexity index is 861. The average Bonchev–Trinajstić information content (AvgIpc) is 3.33. The molecule has 0 amide bonds. The minimum Gasteiger partial charge on any atom is -0.396 e. The van der Waals surface area contributed by atoms with Crippen molar-refractivity contribution < 1.29 is 24.4 Å². The van der Waals surface area contributed by atoms with Crippen LogP contribution in [0.2, 0.25) is 0 Å². The number of hydrogen-bond acceptors (Lipinski definition) is 6. The molecule has 1 spiro atoms. The number of fused-ring (bicyclic) bond motifs is 1. The number of anilines is 1. The number of hydrogen-bond donors (Lipinski definition) is 2. The zero-order valence-electron chi connectivity index (χ0n) is 22.7. The Morgan fingerprint density at radius 3 is 2.42 bits per heavy atom. The highest BCUT2D eigenvalue weighted by Gasteiger charge is 2.47. The zero-order valence-corrected chi connectivity index (χ0v) is 22.7. The van der Waals surface area contributed by atoms with Gasteiger partial charge in [-0.1, -0.05) is 30.2 Å². The van der Waals surface area contributed by atoms with Crippen LogP contribution in [0.15, 0.2) is 35.4 Å². The van der Waals surface area contributed by atoms with Gasteiger partial charge in [0.05, 0.1) is 32.5 Å². The molecule has 3 aliphatic rings. The quantitative estimate of drug-likeness (QED) is 0.421. The van der Waals surface area contributed by atoms with Crippen LogP contribution in [0.4, 0.5) is 5.69 Å². The van der Waals surface area contributed by atoms with E-state index in [0.29, 0.717) is 37.6 Å². The summed E-state index contributed by atoms with van der Waals surface area (Å²) in [5.74, 6) is 1.16. The molecule has 0 radical (unpaired) electrons. The smallest absolute Gasteiger partial charge is 0.169 e. The highest BCUT2D eigenvalue weighted by Crippen LogP contribution is 2.54. The van der Waals surface area contributed by atoms with Crippen molar-refractivity contribution in [2.24, 2.45) is 17.8 Å². The molecule has 36 heavy (non-hydrogen) atoms. The average molecular weight is 502 g/mol. The van der Waals surface area contributed by atoms with Crippen LogP contribution in [0.3, 0.4) is 0 Å². The van der Waals surface area contributed by atoms with E-state index in [1.54, 1.807) is 11.1 Å². The van der Waals surface area contributed by atoms with Gasteiger partial charge in [0, 0.05) is 45.1 Å². The third-order valence-corrected chi connectivity index (χ3v) is 8.78. The van der Waals surface area contributed by atoms with Crippen LogP contribution in [0, 0.1) is 17.8 Å². The van der Waals surface area contributed by atoms with Gasteiger partial charge in [-0.15, -0.1) is 0 Å². The molecule has 2 N–H and O–H groups in total. The van der Waals surface area contributed by atoms with E-state index < -0.39 is 5.79 Å². The lowest BCUT2D eigenvalue weighted by Gasteiger charge is -2.47. The molecule has 0 bridgehead atoms. The number of rotatable bonds is 11. The molecule has 202 valence electrons. The van der Waals surface area contributed by atoms with Crippen LogP contribution < -0.4 is 4.90 Å². The zero-order chi connectivity index (χ0) is 25.7. The van der Waals surface area contributed by atoms with Gasteiger partial charge in [0.2, 0.25) is 0 Å². The Balaban J connectivity index is 1.76. The molecule has 1 aromatic carbocycles. The summed E-state index contributed by atoms with van der Waals surface area (Å²) in [5, 5.41) is 19.1. The molecule has 2 aliphatic carbocycles. The third-order valence-electron chi connectivity index (χ3n) is 8.78. The Labute approximate surface area is 217 Å². The molecule has 5 unspecified atom stereocenters. The molecule has 4 rings (SSSR count). The number of aliphatic hydroxyl groups excluding tert-OH is 2. The second-order valence-electron chi connectivity index (χ2n) is 11.3. The minimum absolute atomic E-state index is 0.0265. The van der Waals surface area contributed by atoms with Crippen molar-refractivity contribution in [2.75, 3.05) is 52.0 Å². The summed E-state index contributed by atoms with van der Waals surface area (Å²) in [5.41, 5.74) is 5.60.